The van der Waals surface area contributed by atoms with E-state index < -0.39 is 16.4 Å². The van der Waals surface area contributed by atoms with E-state index in [1.807, 2.05) is 25.1 Å². The summed E-state index contributed by atoms with van der Waals surface area (Å²) in [6, 6.07) is 11.2. The van der Waals surface area contributed by atoms with Crippen LogP contribution in [-0.2, 0) is 4.79 Å². The van der Waals surface area contributed by atoms with E-state index in [4.69, 9.17) is 12.2 Å². The number of para-hydroxylation sites is 1. The molecule has 3 rings (SSSR count). The summed E-state index contributed by atoms with van der Waals surface area (Å²) in [7, 11) is 0. The molecule has 1 amide bonds. The number of aromatic hydroxyl groups is 1. The number of nitrogens with one attached hydrogen (secondary N) is 1. The van der Waals surface area contributed by atoms with Gasteiger partial charge in [-0.1, -0.05) is 24.3 Å². The second-order valence-electron chi connectivity index (χ2n) is 5.42. The van der Waals surface area contributed by atoms with Gasteiger partial charge in [-0.05, 0) is 48.5 Å². The number of carbonyl (C=O) groups is 1. The van der Waals surface area contributed by atoms with Crippen LogP contribution in [0.15, 0.2) is 48.2 Å². The Bertz CT molecular complexity index is 939. The molecule has 0 spiro atoms. The number of benzene rings is 2. The van der Waals surface area contributed by atoms with Crippen molar-refractivity contribution in [3.05, 3.63) is 69.4 Å². The van der Waals surface area contributed by atoms with Crippen LogP contribution in [-0.4, -0.2) is 21.0 Å². The minimum Gasteiger partial charge on any atom is -0.502 e. The van der Waals surface area contributed by atoms with Crippen LogP contribution in [0.1, 0.15) is 11.1 Å². The molecule has 8 heteroatoms. The van der Waals surface area contributed by atoms with Crippen molar-refractivity contribution in [2.75, 3.05) is 4.90 Å². The van der Waals surface area contributed by atoms with Crippen molar-refractivity contribution in [1.29, 1.82) is 0 Å². The monoisotopic (exact) mass is 355 g/mol. The van der Waals surface area contributed by atoms with Crippen molar-refractivity contribution >= 4 is 40.7 Å². The van der Waals surface area contributed by atoms with Crippen LogP contribution < -0.4 is 10.2 Å². The molecule has 1 fully saturated rings. The molecule has 0 saturated carbocycles. The molecule has 0 unspecified atom stereocenters. The van der Waals surface area contributed by atoms with Gasteiger partial charge in [-0.3, -0.25) is 19.8 Å². The van der Waals surface area contributed by atoms with Crippen LogP contribution in [0.25, 0.3) is 6.08 Å². The molecule has 2 aromatic rings. The lowest BCUT2D eigenvalue weighted by Crippen LogP contribution is -2.30. The Morgan fingerprint density at radius 1 is 1.28 bits per heavy atom. The van der Waals surface area contributed by atoms with Crippen LogP contribution in [0.4, 0.5) is 11.4 Å². The van der Waals surface area contributed by atoms with Crippen LogP contribution in [0, 0.1) is 17.0 Å². The molecule has 2 aromatic carbocycles. The molecular formula is C17H13N3O4S. The Morgan fingerprint density at radius 3 is 2.68 bits per heavy atom. The van der Waals surface area contributed by atoms with Gasteiger partial charge in [0.15, 0.2) is 10.9 Å². The molecule has 1 saturated heterocycles. The maximum atomic E-state index is 12.7. The van der Waals surface area contributed by atoms with Crippen molar-refractivity contribution in [3.63, 3.8) is 0 Å². The highest BCUT2D eigenvalue weighted by Gasteiger charge is 2.32. The number of hydrogen-bond acceptors (Lipinski definition) is 5. The highest BCUT2D eigenvalue weighted by atomic mass is 32.1. The van der Waals surface area contributed by atoms with Gasteiger partial charge in [0.05, 0.1) is 10.6 Å². The Kier molecular flexibility index (Phi) is 4.20. The van der Waals surface area contributed by atoms with Gasteiger partial charge >= 0.3 is 5.69 Å². The summed E-state index contributed by atoms with van der Waals surface area (Å²) in [5, 5.41) is 23.5. The lowest BCUT2D eigenvalue weighted by Gasteiger charge is -2.16. The predicted octanol–water partition coefficient (Wildman–Crippen LogP) is 2.87. The number of phenols is 1. The zero-order chi connectivity index (χ0) is 18.1. The fourth-order valence-corrected chi connectivity index (χ4v) is 2.80. The van der Waals surface area contributed by atoms with Crippen molar-refractivity contribution in [1.82, 2.24) is 5.32 Å². The molecule has 0 bridgehead atoms. The molecule has 7 nitrogen and oxygen atoms in total. The third-order valence-corrected chi connectivity index (χ3v) is 4.03. The summed E-state index contributed by atoms with van der Waals surface area (Å²) in [5.41, 5.74) is 1.73. The average molecular weight is 355 g/mol. The SMILES string of the molecule is Cc1ccccc1N1C(=O)/C(=C\c2ccc(O)c([N+](=O)[O-])c2)NC1=S. The number of nitrogens with zero attached hydrogens (tertiary/aromatic N) is 2. The van der Waals surface area contributed by atoms with Crippen molar-refractivity contribution in [2.45, 2.75) is 6.92 Å². The van der Waals surface area contributed by atoms with Gasteiger partial charge in [-0.15, -0.1) is 0 Å². The molecule has 1 aliphatic rings. The van der Waals surface area contributed by atoms with E-state index in [1.54, 1.807) is 6.07 Å². The normalized spacial score (nSPS) is 15.6. The van der Waals surface area contributed by atoms with Gasteiger partial charge in [0.1, 0.15) is 5.70 Å². The Labute approximate surface area is 148 Å². The maximum Gasteiger partial charge on any atom is 0.311 e. The highest BCUT2D eigenvalue weighted by molar-refractivity contribution is 7.80. The van der Waals surface area contributed by atoms with Crippen molar-refractivity contribution in [3.8, 4) is 5.75 Å². The van der Waals surface area contributed by atoms with E-state index in [9.17, 15) is 20.0 Å². The van der Waals surface area contributed by atoms with Crippen LogP contribution >= 0.6 is 12.2 Å². The van der Waals surface area contributed by atoms with Gasteiger partial charge in [-0.25, -0.2) is 0 Å². The number of anilines is 1. The lowest BCUT2D eigenvalue weighted by molar-refractivity contribution is -0.385. The summed E-state index contributed by atoms with van der Waals surface area (Å²) in [4.78, 5) is 24.3. The number of thiocarbonyl (C=S) groups is 1. The second-order valence-corrected chi connectivity index (χ2v) is 5.81. The fourth-order valence-electron chi connectivity index (χ4n) is 2.51. The molecule has 1 heterocycles. The smallest absolute Gasteiger partial charge is 0.311 e. The Balaban J connectivity index is 1.98. The van der Waals surface area contributed by atoms with Gasteiger partial charge in [0.2, 0.25) is 0 Å². The van der Waals surface area contributed by atoms with E-state index in [-0.39, 0.29) is 16.7 Å². The number of nitro groups is 1. The topological polar surface area (TPSA) is 95.7 Å². The van der Waals surface area contributed by atoms with E-state index in [0.717, 1.165) is 5.56 Å². The number of aryl methyl sites for hydroxylation is 1. The van der Waals surface area contributed by atoms with Gasteiger partial charge in [-0.2, -0.15) is 0 Å². The van der Waals surface area contributed by atoms with Gasteiger partial charge in [0, 0.05) is 6.07 Å². The van der Waals surface area contributed by atoms with Crippen molar-refractivity contribution in [2.24, 2.45) is 0 Å². The zero-order valence-corrected chi connectivity index (χ0v) is 13.9. The van der Waals surface area contributed by atoms with E-state index in [2.05, 4.69) is 5.32 Å². The number of rotatable bonds is 3. The standard InChI is InChI=1S/C17H13N3O4S/c1-10-4-2-3-5-13(10)19-16(22)12(18-17(19)25)8-11-6-7-15(21)14(9-11)20(23)24/h2-9,21H,1H3,(H,18,25)/b12-8+. The van der Waals surface area contributed by atoms with Gasteiger partial charge in [0.25, 0.3) is 5.91 Å². The number of phenolic OH excluding ortho intramolecular Hbond substituents is 1. The fraction of sp³-hybridized carbons (Fsp3) is 0.0588. The van der Waals surface area contributed by atoms with E-state index in [0.29, 0.717) is 11.3 Å². The first-order chi connectivity index (χ1) is 11.9. The summed E-state index contributed by atoms with van der Waals surface area (Å²) in [6.07, 6.45) is 1.46. The zero-order valence-electron chi connectivity index (χ0n) is 13.1. The molecule has 126 valence electrons. The molecule has 0 aliphatic carbocycles. The first kappa shape index (κ1) is 16.6. The molecule has 0 atom stereocenters. The van der Waals surface area contributed by atoms with E-state index >= 15 is 0 Å². The summed E-state index contributed by atoms with van der Waals surface area (Å²) < 4.78 is 0. The molecule has 2 N–H and O–H groups in total. The van der Waals surface area contributed by atoms with Gasteiger partial charge < -0.3 is 10.4 Å². The number of amides is 1. The highest BCUT2D eigenvalue weighted by Crippen LogP contribution is 2.29. The first-order valence-corrected chi connectivity index (χ1v) is 7.69. The number of hydrogen-bond donors (Lipinski definition) is 2. The molecule has 25 heavy (non-hydrogen) atoms. The van der Waals surface area contributed by atoms with Crippen LogP contribution in [0.3, 0.4) is 0 Å². The molecular weight excluding hydrogens is 342 g/mol. The molecule has 0 radical (unpaired) electrons. The Hall–Kier alpha value is -3.26. The van der Waals surface area contributed by atoms with E-state index in [1.165, 1.54) is 29.2 Å². The van der Waals surface area contributed by atoms with Crippen LogP contribution in [0.5, 0.6) is 5.75 Å². The molecule has 0 aromatic heterocycles. The summed E-state index contributed by atoms with van der Waals surface area (Å²) in [6.45, 7) is 1.87. The summed E-state index contributed by atoms with van der Waals surface area (Å²) >= 11 is 5.25. The minimum atomic E-state index is -0.689. The number of nitro benzene ring substituents is 1. The largest absolute Gasteiger partial charge is 0.502 e. The third kappa shape index (κ3) is 3.07. The van der Waals surface area contributed by atoms with Crippen LogP contribution in [0.2, 0.25) is 0 Å². The third-order valence-electron chi connectivity index (χ3n) is 3.74. The Morgan fingerprint density at radius 2 is 2.00 bits per heavy atom. The molecule has 1 aliphatic heterocycles. The minimum absolute atomic E-state index is 0.202. The first-order valence-electron chi connectivity index (χ1n) is 7.28. The summed E-state index contributed by atoms with van der Waals surface area (Å²) in [5.74, 6) is -0.787. The maximum absolute atomic E-state index is 12.7. The van der Waals surface area contributed by atoms with Crippen molar-refractivity contribution < 1.29 is 14.8 Å². The lowest BCUT2D eigenvalue weighted by atomic mass is 10.1. The quantitative estimate of drug-likeness (QED) is 0.380. The average Bonchev–Trinajstić information content (AvgIpc) is 2.84. The number of carbonyl (C=O) groups excluding carboxylic acids is 1. The second kappa shape index (κ2) is 6.33. The predicted molar refractivity (Wildman–Crippen MR) is 97.1 cm³/mol.